The molecule has 7 heteroatoms. The van der Waals surface area contributed by atoms with Crippen molar-refractivity contribution in [3.63, 3.8) is 0 Å². The number of allylic oxidation sites excluding steroid dienone is 2. The van der Waals surface area contributed by atoms with Crippen molar-refractivity contribution in [2.24, 2.45) is 29.6 Å². The molecule has 0 fully saturated rings. The lowest BCUT2D eigenvalue weighted by molar-refractivity contribution is -0.150. The summed E-state index contributed by atoms with van der Waals surface area (Å²) >= 11 is 3.09. The van der Waals surface area contributed by atoms with Gasteiger partial charge >= 0.3 is 5.97 Å². The number of esters is 1. The summed E-state index contributed by atoms with van der Waals surface area (Å²) in [6, 6.07) is 0. The van der Waals surface area contributed by atoms with Crippen LogP contribution in [0, 0.1) is 29.6 Å². The Morgan fingerprint density at radius 3 is 1.51 bits per heavy atom. The quantitative estimate of drug-likeness (QED) is 0.0360. The molecule has 0 bridgehead atoms. The fourth-order valence-corrected chi connectivity index (χ4v) is 8.72. The van der Waals surface area contributed by atoms with E-state index in [-0.39, 0.29) is 12.1 Å². The molecule has 53 heavy (non-hydrogen) atoms. The summed E-state index contributed by atoms with van der Waals surface area (Å²) in [6.07, 6.45) is 25.7. The first kappa shape index (κ1) is 52.2. The topological polar surface area (TPSA) is 63.7 Å². The number of unbranched alkanes of at least 4 members (excludes halogenated alkanes) is 12. The van der Waals surface area contributed by atoms with Gasteiger partial charge in [0.05, 0.1) is 0 Å². The molecule has 0 heterocycles. The standard InChI is InChI=1S/C46H87NO4S2/c1-37(2)31-32-42(40(7)34-38(3)4)36-53-46(50)30-24-20-16-12-14-18-22-27-43(51-44(48)28-25-33-47(9)10)26-21-17-13-11-15-19-23-29-45(49)52-35-41(8)39(5)6/h34,37-39,41-43H,11-33,35-36H2,1-10H3/b40-34-. The van der Waals surface area contributed by atoms with Crippen molar-refractivity contribution in [3.05, 3.63) is 11.6 Å². The minimum absolute atomic E-state index is 0.0378. The van der Waals surface area contributed by atoms with Crippen LogP contribution in [0.1, 0.15) is 197 Å². The maximum atomic E-state index is 12.7. The Morgan fingerprint density at radius 1 is 0.585 bits per heavy atom. The van der Waals surface area contributed by atoms with Crippen LogP contribution in [-0.2, 0) is 19.1 Å². The van der Waals surface area contributed by atoms with Gasteiger partial charge in [0, 0.05) is 30.8 Å². The van der Waals surface area contributed by atoms with Gasteiger partial charge in [-0.2, -0.15) is 0 Å². The minimum Gasteiger partial charge on any atom is -0.462 e. The molecule has 0 amide bonds. The van der Waals surface area contributed by atoms with Gasteiger partial charge in [-0.15, -0.1) is 0 Å². The van der Waals surface area contributed by atoms with Crippen LogP contribution in [0.15, 0.2) is 11.6 Å². The summed E-state index contributed by atoms with van der Waals surface area (Å²) in [5, 5.41) is 0.726. The molecule has 0 saturated heterocycles. The molecule has 0 aliphatic rings. The van der Waals surface area contributed by atoms with Gasteiger partial charge in [-0.05, 0) is 109 Å². The third-order valence-corrected chi connectivity index (χ3v) is 12.8. The fourth-order valence-electron chi connectivity index (χ4n) is 6.49. The maximum absolute atomic E-state index is 12.7. The molecular formula is C46H87NO4S2. The van der Waals surface area contributed by atoms with Crippen molar-refractivity contribution in [2.45, 2.75) is 203 Å². The lowest BCUT2D eigenvalue weighted by Crippen LogP contribution is -2.20. The third kappa shape index (κ3) is 34.2. The summed E-state index contributed by atoms with van der Waals surface area (Å²) in [5.41, 5.74) is 1.45. The van der Waals surface area contributed by atoms with Crippen molar-refractivity contribution in [2.75, 3.05) is 32.1 Å². The zero-order chi connectivity index (χ0) is 39.9. The maximum Gasteiger partial charge on any atom is 0.306 e. The molecule has 0 aromatic rings. The van der Waals surface area contributed by atoms with Gasteiger partial charge < -0.3 is 9.64 Å². The first-order valence-corrected chi connectivity index (χ1v) is 24.0. The fraction of sp³-hybridized carbons (Fsp3) is 0.891. The van der Waals surface area contributed by atoms with Crippen LogP contribution in [-0.4, -0.2) is 59.3 Å². The number of hydrogen-bond acceptors (Lipinski definition) is 7. The number of carbonyl (C=O) groups excluding carboxylic acids is 3. The number of rotatable bonds is 35. The second kappa shape index (κ2) is 34.5. The average Bonchev–Trinajstić information content (AvgIpc) is 3.08. The number of thioether (sulfide) groups is 2. The normalized spacial score (nSPS) is 14.0. The number of hydrogen-bond donors (Lipinski definition) is 0. The Kier molecular flexibility index (Phi) is 33.9. The zero-order valence-electron chi connectivity index (χ0n) is 36.6. The van der Waals surface area contributed by atoms with Crippen LogP contribution in [0.5, 0.6) is 0 Å². The molecule has 0 aliphatic carbocycles. The number of ether oxygens (including phenoxy) is 1. The SMILES string of the molecule is C/C(=C/C(C)C)C(CCC(C)C)CSC(=O)CCCCCCCCCC(CCCCCCCCCC(=O)SCC(C)C(C)C)OC(=O)CCCN(C)C. The molecule has 3 atom stereocenters. The van der Waals surface area contributed by atoms with Gasteiger partial charge in [-0.25, -0.2) is 0 Å². The second-order valence-corrected chi connectivity index (χ2v) is 19.6. The van der Waals surface area contributed by atoms with Crippen LogP contribution in [0.3, 0.4) is 0 Å². The van der Waals surface area contributed by atoms with Crippen molar-refractivity contribution in [3.8, 4) is 0 Å². The molecule has 0 N–H and O–H groups in total. The highest BCUT2D eigenvalue weighted by molar-refractivity contribution is 8.13. The monoisotopic (exact) mass is 782 g/mol. The lowest BCUT2D eigenvalue weighted by atomic mass is 9.92. The second-order valence-electron chi connectivity index (χ2n) is 17.5. The predicted molar refractivity (Wildman–Crippen MR) is 236 cm³/mol. The van der Waals surface area contributed by atoms with Crippen LogP contribution < -0.4 is 0 Å². The summed E-state index contributed by atoms with van der Waals surface area (Å²) < 4.78 is 6.00. The van der Waals surface area contributed by atoms with E-state index in [0.29, 0.717) is 59.1 Å². The van der Waals surface area contributed by atoms with Crippen molar-refractivity contribution < 1.29 is 19.1 Å². The van der Waals surface area contributed by atoms with Gasteiger partial charge in [0.15, 0.2) is 10.2 Å². The molecule has 0 aliphatic heterocycles. The zero-order valence-corrected chi connectivity index (χ0v) is 38.2. The molecule has 0 aromatic heterocycles. The van der Waals surface area contributed by atoms with Crippen LogP contribution in [0.2, 0.25) is 0 Å². The Hall–Kier alpha value is -0.790. The molecule has 0 aromatic carbocycles. The van der Waals surface area contributed by atoms with E-state index in [9.17, 15) is 14.4 Å². The molecule has 0 radical (unpaired) electrons. The van der Waals surface area contributed by atoms with Crippen LogP contribution >= 0.6 is 23.5 Å². The highest BCUT2D eigenvalue weighted by atomic mass is 32.2. The van der Waals surface area contributed by atoms with Crippen molar-refractivity contribution >= 4 is 39.7 Å². The molecule has 3 unspecified atom stereocenters. The molecule has 0 saturated carbocycles. The van der Waals surface area contributed by atoms with E-state index in [4.69, 9.17) is 4.74 Å². The van der Waals surface area contributed by atoms with E-state index in [0.717, 1.165) is 75.8 Å². The first-order chi connectivity index (χ1) is 25.2. The Morgan fingerprint density at radius 2 is 1.06 bits per heavy atom. The summed E-state index contributed by atoms with van der Waals surface area (Å²) in [7, 11) is 4.08. The third-order valence-electron chi connectivity index (χ3n) is 10.5. The predicted octanol–water partition coefficient (Wildman–Crippen LogP) is 13.7. The Balaban J connectivity index is 4.29. The number of carbonyl (C=O) groups is 3. The van der Waals surface area contributed by atoms with E-state index in [1.807, 2.05) is 14.1 Å². The van der Waals surface area contributed by atoms with Gasteiger partial charge in [0.1, 0.15) is 6.10 Å². The van der Waals surface area contributed by atoms with Gasteiger partial charge in [-0.3, -0.25) is 14.4 Å². The average molecular weight is 782 g/mol. The van der Waals surface area contributed by atoms with Crippen molar-refractivity contribution in [1.29, 1.82) is 0 Å². The van der Waals surface area contributed by atoms with Gasteiger partial charge in [0.25, 0.3) is 0 Å². The highest BCUT2D eigenvalue weighted by Crippen LogP contribution is 2.27. The van der Waals surface area contributed by atoms with Crippen LogP contribution in [0.4, 0.5) is 0 Å². The first-order valence-electron chi connectivity index (χ1n) is 22.0. The smallest absolute Gasteiger partial charge is 0.306 e. The summed E-state index contributed by atoms with van der Waals surface area (Å²) in [5.74, 6) is 4.83. The molecular weight excluding hydrogens is 695 g/mol. The summed E-state index contributed by atoms with van der Waals surface area (Å²) in [4.78, 5) is 39.6. The van der Waals surface area contributed by atoms with E-state index >= 15 is 0 Å². The minimum atomic E-state index is -0.0378. The Bertz CT molecular complexity index is 948. The van der Waals surface area contributed by atoms with Gasteiger partial charge in [-0.1, -0.05) is 154 Å². The van der Waals surface area contributed by atoms with Crippen LogP contribution in [0.25, 0.3) is 0 Å². The van der Waals surface area contributed by atoms with E-state index in [1.165, 1.54) is 81.5 Å². The molecule has 5 nitrogen and oxygen atoms in total. The van der Waals surface area contributed by atoms with Crippen molar-refractivity contribution in [1.82, 2.24) is 4.90 Å². The van der Waals surface area contributed by atoms with Gasteiger partial charge in [0.2, 0.25) is 0 Å². The highest BCUT2D eigenvalue weighted by Gasteiger charge is 2.17. The number of nitrogens with zero attached hydrogens (tertiary/aromatic N) is 1. The van der Waals surface area contributed by atoms with E-state index in [2.05, 4.69) is 66.4 Å². The molecule has 312 valence electrons. The van der Waals surface area contributed by atoms with E-state index in [1.54, 1.807) is 11.8 Å². The Labute approximate surface area is 338 Å². The summed E-state index contributed by atoms with van der Waals surface area (Å²) in [6.45, 7) is 18.9. The largest absolute Gasteiger partial charge is 0.462 e. The molecule has 0 rings (SSSR count). The molecule has 0 spiro atoms. The van der Waals surface area contributed by atoms with E-state index < -0.39 is 0 Å². The lowest BCUT2D eigenvalue weighted by Gasteiger charge is -2.19.